The van der Waals surface area contributed by atoms with Crippen LogP contribution in [0.2, 0.25) is 0 Å². The second-order valence-electron chi connectivity index (χ2n) is 5.16. The van der Waals surface area contributed by atoms with E-state index in [0.29, 0.717) is 0 Å². The van der Waals surface area contributed by atoms with Crippen LogP contribution in [-0.2, 0) is 0 Å². The van der Waals surface area contributed by atoms with Crippen LogP contribution in [0.1, 0.15) is 33.1 Å². The van der Waals surface area contributed by atoms with Crippen molar-refractivity contribution in [2.75, 3.05) is 24.6 Å². The maximum absolute atomic E-state index is 3.84. The van der Waals surface area contributed by atoms with Crippen LogP contribution in [0.4, 0.5) is 0 Å². The molecule has 0 spiro atoms. The van der Waals surface area contributed by atoms with Gasteiger partial charge in [-0.25, -0.2) is 0 Å². The number of hydrogen-bond acceptors (Lipinski definition) is 3. The van der Waals surface area contributed by atoms with Gasteiger partial charge in [-0.05, 0) is 45.4 Å². The first kappa shape index (κ1) is 11.7. The SMILES string of the molecule is CC(C)N1CCC(NC2CCCSC2)C1. The minimum absolute atomic E-state index is 0.720. The highest BCUT2D eigenvalue weighted by Crippen LogP contribution is 2.19. The van der Waals surface area contributed by atoms with E-state index in [0.717, 1.165) is 18.1 Å². The highest BCUT2D eigenvalue weighted by atomic mass is 32.2. The molecular weight excluding hydrogens is 204 g/mol. The molecule has 2 atom stereocenters. The van der Waals surface area contributed by atoms with Gasteiger partial charge in [-0.15, -0.1) is 0 Å². The first-order chi connectivity index (χ1) is 7.25. The van der Waals surface area contributed by atoms with Crippen LogP contribution < -0.4 is 5.32 Å². The van der Waals surface area contributed by atoms with Gasteiger partial charge in [0.2, 0.25) is 0 Å². The lowest BCUT2D eigenvalue weighted by Crippen LogP contribution is -2.43. The Kier molecular flexibility index (Phi) is 4.35. The maximum atomic E-state index is 3.84. The Balaban J connectivity index is 1.71. The lowest BCUT2D eigenvalue weighted by Gasteiger charge is -2.27. The third-order valence-electron chi connectivity index (χ3n) is 3.58. The van der Waals surface area contributed by atoms with Gasteiger partial charge in [0.05, 0.1) is 0 Å². The number of hydrogen-bond donors (Lipinski definition) is 1. The normalized spacial score (nSPS) is 33.8. The van der Waals surface area contributed by atoms with Crippen molar-refractivity contribution in [3.8, 4) is 0 Å². The molecule has 2 rings (SSSR count). The molecule has 0 bridgehead atoms. The summed E-state index contributed by atoms with van der Waals surface area (Å²) in [5.41, 5.74) is 0. The van der Waals surface area contributed by atoms with Gasteiger partial charge in [0.25, 0.3) is 0 Å². The molecule has 2 nitrogen and oxygen atoms in total. The van der Waals surface area contributed by atoms with E-state index in [4.69, 9.17) is 0 Å². The molecule has 88 valence electrons. The lowest BCUT2D eigenvalue weighted by molar-refractivity contribution is 0.265. The fourth-order valence-corrected chi connectivity index (χ4v) is 3.68. The van der Waals surface area contributed by atoms with Gasteiger partial charge in [0.15, 0.2) is 0 Å². The molecule has 2 heterocycles. The third-order valence-corrected chi connectivity index (χ3v) is 4.80. The van der Waals surface area contributed by atoms with Crippen molar-refractivity contribution in [1.82, 2.24) is 10.2 Å². The Morgan fingerprint density at radius 3 is 2.73 bits per heavy atom. The Morgan fingerprint density at radius 2 is 2.13 bits per heavy atom. The smallest absolute Gasteiger partial charge is 0.0210 e. The minimum Gasteiger partial charge on any atom is -0.309 e. The van der Waals surface area contributed by atoms with Crippen LogP contribution in [0.15, 0.2) is 0 Å². The average Bonchev–Trinajstić information content (AvgIpc) is 2.68. The van der Waals surface area contributed by atoms with Crippen molar-refractivity contribution in [2.24, 2.45) is 0 Å². The molecule has 2 unspecified atom stereocenters. The fraction of sp³-hybridized carbons (Fsp3) is 1.00. The number of nitrogens with one attached hydrogen (secondary N) is 1. The quantitative estimate of drug-likeness (QED) is 0.795. The number of thioether (sulfide) groups is 1. The average molecular weight is 228 g/mol. The Labute approximate surface area is 98.2 Å². The van der Waals surface area contributed by atoms with E-state index >= 15 is 0 Å². The molecule has 0 aromatic heterocycles. The zero-order valence-electron chi connectivity index (χ0n) is 10.0. The largest absolute Gasteiger partial charge is 0.309 e. The maximum Gasteiger partial charge on any atom is 0.0210 e. The van der Waals surface area contributed by atoms with Crippen molar-refractivity contribution in [3.05, 3.63) is 0 Å². The number of likely N-dealkylation sites (tertiary alicyclic amines) is 1. The Bertz CT molecular complexity index is 190. The minimum atomic E-state index is 0.720. The monoisotopic (exact) mass is 228 g/mol. The number of rotatable bonds is 3. The van der Waals surface area contributed by atoms with Gasteiger partial charge >= 0.3 is 0 Å². The van der Waals surface area contributed by atoms with E-state index in [1.165, 1.54) is 43.9 Å². The topological polar surface area (TPSA) is 15.3 Å². The van der Waals surface area contributed by atoms with Gasteiger partial charge in [-0.3, -0.25) is 4.90 Å². The molecule has 2 fully saturated rings. The highest BCUT2D eigenvalue weighted by molar-refractivity contribution is 7.99. The van der Waals surface area contributed by atoms with E-state index in [-0.39, 0.29) is 0 Å². The van der Waals surface area contributed by atoms with Crippen LogP contribution in [0.5, 0.6) is 0 Å². The summed E-state index contributed by atoms with van der Waals surface area (Å²) in [6.07, 6.45) is 4.15. The molecule has 0 aromatic rings. The van der Waals surface area contributed by atoms with E-state index in [9.17, 15) is 0 Å². The van der Waals surface area contributed by atoms with Crippen molar-refractivity contribution in [1.29, 1.82) is 0 Å². The van der Waals surface area contributed by atoms with Crippen molar-refractivity contribution < 1.29 is 0 Å². The summed E-state index contributed by atoms with van der Waals surface area (Å²) in [5.74, 6) is 2.71. The molecule has 0 amide bonds. The van der Waals surface area contributed by atoms with E-state index in [1.54, 1.807) is 0 Å². The first-order valence-electron chi connectivity index (χ1n) is 6.33. The molecule has 0 saturated carbocycles. The standard InChI is InChI=1S/C12H24N2S/c1-10(2)14-6-5-11(8-14)13-12-4-3-7-15-9-12/h10-13H,3-9H2,1-2H3. The first-order valence-corrected chi connectivity index (χ1v) is 7.49. The van der Waals surface area contributed by atoms with Crippen LogP contribution >= 0.6 is 11.8 Å². The summed E-state index contributed by atoms with van der Waals surface area (Å²) in [4.78, 5) is 2.59. The number of nitrogens with zero attached hydrogens (tertiary/aromatic N) is 1. The van der Waals surface area contributed by atoms with Gasteiger partial charge in [-0.2, -0.15) is 11.8 Å². The van der Waals surface area contributed by atoms with Crippen LogP contribution in [-0.4, -0.2) is 47.6 Å². The molecule has 3 heteroatoms. The van der Waals surface area contributed by atoms with Crippen molar-refractivity contribution >= 4 is 11.8 Å². The highest BCUT2D eigenvalue weighted by Gasteiger charge is 2.26. The lowest BCUT2D eigenvalue weighted by atomic mass is 10.1. The Morgan fingerprint density at radius 1 is 1.27 bits per heavy atom. The molecule has 0 aliphatic carbocycles. The zero-order valence-corrected chi connectivity index (χ0v) is 10.9. The van der Waals surface area contributed by atoms with E-state index < -0.39 is 0 Å². The van der Waals surface area contributed by atoms with Crippen LogP contribution in [0.3, 0.4) is 0 Å². The molecular formula is C12H24N2S. The predicted molar refractivity (Wildman–Crippen MR) is 68.6 cm³/mol. The van der Waals surface area contributed by atoms with Crippen LogP contribution in [0.25, 0.3) is 0 Å². The third kappa shape index (κ3) is 3.36. The molecule has 1 N–H and O–H groups in total. The zero-order chi connectivity index (χ0) is 10.7. The Hall–Kier alpha value is 0.270. The van der Waals surface area contributed by atoms with Gasteiger partial charge in [-0.1, -0.05) is 0 Å². The molecule has 15 heavy (non-hydrogen) atoms. The summed E-state index contributed by atoms with van der Waals surface area (Å²) in [7, 11) is 0. The summed E-state index contributed by atoms with van der Waals surface area (Å²) < 4.78 is 0. The summed E-state index contributed by atoms with van der Waals surface area (Å²) in [5, 5.41) is 3.84. The molecule has 2 aliphatic rings. The second kappa shape index (κ2) is 5.55. The summed E-state index contributed by atoms with van der Waals surface area (Å²) in [6, 6.07) is 2.27. The van der Waals surface area contributed by atoms with E-state index in [1.807, 2.05) is 0 Å². The van der Waals surface area contributed by atoms with Gasteiger partial charge in [0, 0.05) is 30.4 Å². The van der Waals surface area contributed by atoms with Crippen molar-refractivity contribution in [2.45, 2.75) is 51.2 Å². The van der Waals surface area contributed by atoms with E-state index in [2.05, 4.69) is 35.8 Å². The van der Waals surface area contributed by atoms with Gasteiger partial charge < -0.3 is 5.32 Å². The molecule has 0 aromatic carbocycles. The predicted octanol–water partition coefficient (Wildman–Crippen LogP) is 1.95. The van der Waals surface area contributed by atoms with Crippen LogP contribution in [0, 0.1) is 0 Å². The summed E-state index contributed by atoms with van der Waals surface area (Å²) >= 11 is 2.12. The second-order valence-corrected chi connectivity index (χ2v) is 6.30. The van der Waals surface area contributed by atoms with Gasteiger partial charge in [0.1, 0.15) is 0 Å². The summed E-state index contributed by atoms with van der Waals surface area (Å²) in [6.45, 7) is 7.16. The van der Waals surface area contributed by atoms with Crippen molar-refractivity contribution in [3.63, 3.8) is 0 Å². The molecule has 2 aliphatic heterocycles. The fourth-order valence-electron chi connectivity index (χ4n) is 2.60. The molecule has 0 radical (unpaired) electrons. The molecule has 2 saturated heterocycles.